The van der Waals surface area contributed by atoms with Crippen LogP contribution in [0.5, 0.6) is 0 Å². The fourth-order valence-corrected chi connectivity index (χ4v) is 1.04. The summed E-state index contributed by atoms with van der Waals surface area (Å²) in [5, 5.41) is 4.46. The van der Waals surface area contributed by atoms with Crippen LogP contribution in [0.1, 0.15) is 18.9 Å². The highest BCUT2D eigenvalue weighted by Crippen LogP contribution is 2.15. The van der Waals surface area contributed by atoms with Crippen molar-refractivity contribution in [2.24, 2.45) is 5.16 Å². The molecule has 0 atom stereocenters. The molecule has 0 aliphatic rings. The Hall–Kier alpha value is -1.02. The van der Waals surface area contributed by atoms with Crippen LogP contribution in [0.15, 0.2) is 29.4 Å². The predicted octanol–water partition coefficient (Wildman–Crippen LogP) is 3.25. The molecule has 0 amide bonds. The van der Waals surface area contributed by atoms with E-state index in [0.717, 1.165) is 12.0 Å². The number of hydrogen-bond donors (Lipinski definition) is 0. The van der Waals surface area contributed by atoms with Crippen LogP contribution in [0.25, 0.3) is 0 Å². The van der Waals surface area contributed by atoms with Gasteiger partial charge in [-0.15, -0.1) is 0 Å². The summed E-state index contributed by atoms with van der Waals surface area (Å²) in [4.78, 5) is 5.03. The molecule has 0 aliphatic carbocycles. The van der Waals surface area contributed by atoms with Gasteiger partial charge in [0.15, 0.2) is 0 Å². The van der Waals surface area contributed by atoms with Crippen LogP contribution in [0, 0.1) is 0 Å². The van der Waals surface area contributed by atoms with Gasteiger partial charge in [-0.2, -0.15) is 0 Å². The van der Waals surface area contributed by atoms with Crippen molar-refractivity contribution >= 4 is 17.8 Å². The van der Waals surface area contributed by atoms with Gasteiger partial charge in [0.05, 0.1) is 0 Å². The lowest BCUT2D eigenvalue weighted by molar-refractivity contribution is 0.131. The molecular formula is C10H12ClNO. The molecule has 1 aromatic rings. The predicted molar refractivity (Wildman–Crippen MR) is 55.0 cm³/mol. The fourth-order valence-electron chi connectivity index (χ4n) is 0.850. The lowest BCUT2D eigenvalue weighted by Gasteiger charge is -2.01. The Morgan fingerprint density at radius 2 is 2.23 bits per heavy atom. The molecule has 0 aliphatic heterocycles. The molecule has 70 valence electrons. The van der Waals surface area contributed by atoms with Gasteiger partial charge in [-0.1, -0.05) is 41.9 Å². The molecule has 0 heterocycles. The van der Waals surface area contributed by atoms with Crippen LogP contribution in [0.4, 0.5) is 0 Å². The van der Waals surface area contributed by atoms with E-state index in [2.05, 4.69) is 5.16 Å². The first kappa shape index (κ1) is 10.1. The second-order valence-electron chi connectivity index (χ2n) is 2.56. The smallest absolute Gasteiger partial charge is 0.143 e. The largest absolute Gasteiger partial charge is 0.391 e. The first-order valence-electron chi connectivity index (χ1n) is 4.21. The normalized spacial score (nSPS) is 10.6. The lowest BCUT2D eigenvalue weighted by atomic mass is 10.2. The van der Waals surface area contributed by atoms with Gasteiger partial charge in [-0.05, 0) is 12.5 Å². The summed E-state index contributed by atoms with van der Waals surface area (Å²) in [6.45, 7) is 2.43. The van der Waals surface area contributed by atoms with Crippen molar-refractivity contribution in [3.8, 4) is 0 Å². The van der Waals surface area contributed by atoms with Gasteiger partial charge in [-0.25, -0.2) is 0 Å². The van der Waals surface area contributed by atoms with Gasteiger partial charge >= 0.3 is 0 Å². The van der Waals surface area contributed by atoms with E-state index in [9.17, 15) is 0 Å². The number of nitrogens with zero attached hydrogens (tertiary/aromatic N) is 1. The van der Waals surface area contributed by atoms with Crippen LogP contribution in [0.3, 0.4) is 0 Å². The summed E-state index contributed by atoms with van der Waals surface area (Å²) < 4.78 is 0. The summed E-state index contributed by atoms with van der Waals surface area (Å²) in [6, 6.07) is 7.57. The van der Waals surface area contributed by atoms with Crippen LogP contribution in [-0.4, -0.2) is 6.21 Å². The number of benzene rings is 1. The zero-order valence-electron chi connectivity index (χ0n) is 7.53. The Morgan fingerprint density at radius 1 is 1.46 bits per heavy atom. The zero-order chi connectivity index (χ0) is 9.52. The third-order valence-electron chi connectivity index (χ3n) is 1.51. The van der Waals surface area contributed by atoms with E-state index in [1.807, 2.05) is 31.2 Å². The minimum Gasteiger partial charge on any atom is -0.391 e. The van der Waals surface area contributed by atoms with E-state index < -0.39 is 0 Å². The van der Waals surface area contributed by atoms with Crippen LogP contribution in [-0.2, 0) is 11.4 Å². The van der Waals surface area contributed by atoms with Crippen molar-refractivity contribution in [1.82, 2.24) is 0 Å². The number of hydrogen-bond acceptors (Lipinski definition) is 2. The lowest BCUT2D eigenvalue weighted by Crippen LogP contribution is -1.87. The van der Waals surface area contributed by atoms with E-state index in [1.54, 1.807) is 6.21 Å². The van der Waals surface area contributed by atoms with E-state index in [-0.39, 0.29) is 0 Å². The summed E-state index contributed by atoms with van der Waals surface area (Å²) in [5.41, 5.74) is 0.956. The van der Waals surface area contributed by atoms with Crippen molar-refractivity contribution in [3.05, 3.63) is 34.9 Å². The topological polar surface area (TPSA) is 21.6 Å². The minimum atomic E-state index is 0.427. The monoisotopic (exact) mass is 197 g/mol. The molecule has 0 unspecified atom stereocenters. The molecule has 0 saturated carbocycles. The molecular weight excluding hydrogens is 186 g/mol. The van der Waals surface area contributed by atoms with E-state index in [0.29, 0.717) is 11.6 Å². The van der Waals surface area contributed by atoms with Crippen molar-refractivity contribution < 1.29 is 4.84 Å². The minimum absolute atomic E-state index is 0.427. The Labute approximate surface area is 83.2 Å². The van der Waals surface area contributed by atoms with Gasteiger partial charge in [-0.3, -0.25) is 0 Å². The molecule has 0 radical (unpaired) electrons. The summed E-state index contributed by atoms with van der Waals surface area (Å²) in [5.74, 6) is 0. The highest BCUT2D eigenvalue weighted by molar-refractivity contribution is 6.31. The van der Waals surface area contributed by atoms with E-state index in [4.69, 9.17) is 16.4 Å². The molecule has 1 aromatic carbocycles. The first-order valence-corrected chi connectivity index (χ1v) is 4.59. The molecule has 0 N–H and O–H groups in total. The number of rotatable bonds is 4. The molecule has 0 bridgehead atoms. The van der Waals surface area contributed by atoms with Crippen LogP contribution >= 0.6 is 11.6 Å². The average molecular weight is 198 g/mol. The van der Waals surface area contributed by atoms with Gasteiger partial charge < -0.3 is 4.84 Å². The maximum absolute atomic E-state index is 5.91. The molecule has 13 heavy (non-hydrogen) atoms. The van der Waals surface area contributed by atoms with Crippen molar-refractivity contribution in [3.63, 3.8) is 0 Å². The fraction of sp³-hybridized carbons (Fsp3) is 0.300. The third-order valence-corrected chi connectivity index (χ3v) is 1.88. The average Bonchev–Trinajstić information content (AvgIpc) is 2.15. The van der Waals surface area contributed by atoms with Crippen LogP contribution < -0.4 is 0 Å². The highest BCUT2D eigenvalue weighted by Gasteiger charge is 1.97. The number of halogens is 1. The van der Waals surface area contributed by atoms with Gasteiger partial charge in [0.1, 0.15) is 6.61 Å². The Balaban J connectivity index is 2.45. The molecule has 1 rings (SSSR count). The Kier molecular flexibility index (Phi) is 4.33. The first-order chi connectivity index (χ1) is 6.34. The van der Waals surface area contributed by atoms with Gasteiger partial charge in [0.2, 0.25) is 0 Å². The van der Waals surface area contributed by atoms with E-state index in [1.165, 1.54) is 0 Å². The molecule has 0 saturated heterocycles. The third kappa shape index (κ3) is 3.47. The highest BCUT2D eigenvalue weighted by atomic mass is 35.5. The van der Waals surface area contributed by atoms with Gasteiger partial charge in [0.25, 0.3) is 0 Å². The molecule has 0 fully saturated rings. The second-order valence-corrected chi connectivity index (χ2v) is 2.97. The maximum Gasteiger partial charge on any atom is 0.143 e. The standard InChI is InChI=1S/C10H12ClNO/c1-2-7-12-13-8-9-5-3-4-6-10(9)11/h3-7H,2,8H2,1H3. The Morgan fingerprint density at radius 3 is 2.92 bits per heavy atom. The summed E-state index contributed by atoms with van der Waals surface area (Å²) in [6.07, 6.45) is 2.60. The summed E-state index contributed by atoms with van der Waals surface area (Å²) in [7, 11) is 0. The quantitative estimate of drug-likeness (QED) is 0.537. The molecule has 0 aromatic heterocycles. The van der Waals surface area contributed by atoms with Crippen molar-refractivity contribution in [1.29, 1.82) is 0 Å². The molecule has 2 nitrogen and oxygen atoms in total. The summed E-state index contributed by atoms with van der Waals surface area (Å²) >= 11 is 5.91. The zero-order valence-corrected chi connectivity index (χ0v) is 8.29. The maximum atomic E-state index is 5.91. The van der Waals surface area contributed by atoms with E-state index >= 15 is 0 Å². The van der Waals surface area contributed by atoms with Gasteiger partial charge in [0, 0.05) is 16.8 Å². The second kappa shape index (κ2) is 5.60. The SMILES string of the molecule is CCC=NOCc1ccccc1Cl. The Bertz CT molecular complexity index is 286. The van der Waals surface area contributed by atoms with Crippen molar-refractivity contribution in [2.75, 3.05) is 0 Å². The molecule has 0 spiro atoms. The number of oxime groups is 1. The molecule has 3 heteroatoms. The van der Waals surface area contributed by atoms with Crippen LogP contribution in [0.2, 0.25) is 5.02 Å². The van der Waals surface area contributed by atoms with Crippen molar-refractivity contribution in [2.45, 2.75) is 20.0 Å².